The highest BCUT2D eigenvalue weighted by molar-refractivity contribution is 7.08. The molecule has 1 heterocycles. The lowest BCUT2D eigenvalue weighted by Gasteiger charge is -2.14. The van der Waals surface area contributed by atoms with Gasteiger partial charge in [-0.25, -0.2) is 0 Å². The molecule has 1 aromatic rings. The Balaban J connectivity index is 2.53. The van der Waals surface area contributed by atoms with Crippen molar-refractivity contribution in [3.8, 4) is 0 Å². The van der Waals surface area contributed by atoms with E-state index in [1.54, 1.807) is 6.92 Å². The van der Waals surface area contributed by atoms with Gasteiger partial charge >= 0.3 is 0 Å². The minimum atomic E-state index is -0.118. The van der Waals surface area contributed by atoms with Gasteiger partial charge in [0.05, 0.1) is 5.69 Å². The van der Waals surface area contributed by atoms with E-state index in [-0.39, 0.29) is 17.3 Å². The zero-order valence-electron chi connectivity index (χ0n) is 8.95. The highest BCUT2D eigenvalue weighted by Gasteiger charge is 2.16. The van der Waals surface area contributed by atoms with E-state index < -0.39 is 0 Å². The van der Waals surface area contributed by atoms with Crippen molar-refractivity contribution >= 4 is 29.0 Å². The van der Waals surface area contributed by atoms with Crippen LogP contribution in [-0.4, -0.2) is 26.9 Å². The molecule has 6 heteroatoms. The van der Waals surface area contributed by atoms with Crippen molar-refractivity contribution in [1.82, 2.24) is 14.9 Å². The van der Waals surface area contributed by atoms with Crippen LogP contribution in [-0.2, 0) is 0 Å². The zero-order chi connectivity index (χ0) is 11.4. The maximum Gasteiger partial charge on any atom is 0.265 e. The van der Waals surface area contributed by atoms with Gasteiger partial charge in [0.1, 0.15) is 4.88 Å². The lowest BCUT2D eigenvalue weighted by atomic mass is 10.2. The summed E-state index contributed by atoms with van der Waals surface area (Å²) in [5, 5.41) is 6.71. The van der Waals surface area contributed by atoms with E-state index >= 15 is 0 Å². The van der Waals surface area contributed by atoms with Crippen LogP contribution in [0.3, 0.4) is 0 Å². The molecule has 1 aromatic heterocycles. The molecule has 0 saturated carbocycles. The van der Waals surface area contributed by atoms with Crippen LogP contribution < -0.4 is 5.32 Å². The molecule has 0 aliphatic carbocycles. The molecule has 0 spiro atoms. The molecule has 4 nitrogen and oxygen atoms in total. The Labute approximate surface area is 98.2 Å². The second-order valence-corrected chi connectivity index (χ2v) is 5.08. The summed E-state index contributed by atoms with van der Waals surface area (Å²) < 4.78 is 3.72. The number of aromatic nitrogens is 2. The molecule has 2 unspecified atom stereocenters. The van der Waals surface area contributed by atoms with Crippen molar-refractivity contribution in [3.63, 3.8) is 0 Å². The molecule has 1 N–H and O–H groups in total. The zero-order valence-corrected chi connectivity index (χ0v) is 10.5. The monoisotopic (exact) mass is 247 g/mol. The predicted molar refractivity (Wildman–Crippen MR) is 61.5 cm³/mol. The van der Waals surface area contributed by atoms with Gasteiger partial charge in [-0.1, -0.05) is 4.49 Å². The number of amides is 1. The van der Waals surface area contributed by atoms with E-state index in [9.17, 15) is 4.79 Å². The Morgan fingerprint density at radius 2 is 2.27 bits per heavy atom. The highest BCUT2D eigenvalue weighted by Crippen LogP contribution is 2.10. The number of carbonyl (C=O) groups excluding carboxylic acids is 1. The largest absolute Gasteiger partial charge is 0.349 e. The van der Waals surface area contributed by atoms with Crippen molar-refractivity contribution < 1.29 is 4.79 Å². The summed E-state index contributed by atoms with van der Waals surface area (Å²) in [6.07, 6.45) is 0.749. The molecule has 1 rings (SSSR count). The number of carbonyl (C=O) groups is 1. The summed E-state index contributed by atoms with van der Waals surface area (Å²) in [5.41, 5.74) is 0.670. The number of aryl methyl sites for hydroxylation is 1. The van der Waals surface area contributed by atoms with Crippen molar-refractivity contribution in [2.24, 2.45) is 0 Å². The summed E-state index contributed by atoms with van der Waals surface area (Å²) >= 11 is 6.95. The van der Waals surface area contributed by atoms with Crippen molar-refractivity contribution in [3.05, 3.63) is 10.6 Å². The molecular weight excluding hydrogens is 234 g/mol. The maximum atomic E-state index is 11.7. The van der Waals surface area contributed by atoms with Crippen LogP contribution in [0, 0.1) is 6.92 Å². The van der Waals surface area contributed by atoms with Crippen molar-refractivity contribution in [2.75, 3.05) is 0 Å². The van der Waals surface area contributed by atoms with Crippen LogP contribution >= 0.6 is 23.1 Å². The van der Waals surface area contributed by atoms with Gasteiger partial charge in [0.25, 0.3) is 5.91 Å². The van der Waals surface area contributed by atoms with E-state index in [0.29, 0.717) is 10.6 Å². The molecule has 0 aliphatic heterocycles. The van der Waals surface area contributed by atoms with E-state index in [2.05, 4.69) is 14.9 Å². The van der Waals surface area contributed by atoms with Crippen molar-refractivity contribution in [2.45, 2.75) is 38.6 Å². The first-order valence-electron chi connectivity index (χ1n) is 4.74. The second kappa shape index (κ2) is 5.42. The van der Waals surface area contributed by atoms with Crippen LogP contribution in [0.4, 0.5) is 0 Å². The Morgan fingerprint density at radius 1 is 1.60 bits per heavy atom. The molecule has 0 aromatic carbocycles. The smallest absolute Gasteiger partial charge is 0.265 e. The van der Waals surface area contributed by atoms with Gasteiger partial charge in [-0.3, -0.25) is 4.79 Å². The molecule has 0 saturated heterocycles. The number of rotatable bonds is 4. The number of nitrogens with one attached hydrogen (secondary N) is 1. The van der Waals surface area contributed by atoms with E-state index in [1.165, 1.54) is 0 Å². The Kier molecular flexibility index (Phi) is 4.47. The molecule has 2 atom stereocenters. The summed E-state index contributed by atoms with van der Waals surface area (Å²) in [5.74, 6) is -0.118. The van der Waals surface area contributed by atoms with Gasteiger partial charge in [0.15, 0.2) is 0 Å². The summed E-state index contributed by atoms with van der Waals surface area (Å²) in [6.45, 7) is 5.61. The lowest BCUT2D eigenvalue weighted by molar-refractivity contribution is 0.0942. The van der Waals surface area contributed by atoms with E-state index in [0.717, 1.165) is 18.0 Å². The molecule has 15 heavy (non-hydrogen) atoms. The van der Waals surface area contributed by atoms with Crippen LogP contribution in [0.1, 0.15) is 35.6 Å². The Hall–Kier alpha value is -0.680. The molecule has 0 fully saturated rings. The number of alkyl halides is 1. The number of halogens is 1. The summed E-state index contributed by atoms with van der Waals surface area (Å²) in [6, 6.07) is 0.0616. The normalized spacial score (nSPS) is 14.7. The molecule has 84 valence electrons. The fourth-order valence-electron chi connectivity index (χ4n) is 1.28. The average Bonchev–Trinajstić information content (AvgIpc) is 2.49. The van der Waals surface area contributed by atoms with Gasteiger partial charge < -0.3 is 5.32 Å². The van der Waals surface area contributed by atoms with Gasteiger partial charge in [-0.15, -0.1) is 16.7 Å². The van der Waals surface area contributed by atoms with Gasteiger partial charge in [0, 0.05) is 11.4 Å². The predicted octanol–water partition coefficient (Wildman–Crippen LogP) is 1.98. The minimum Gasteiger partial charge on any atom is -0.349 e. The van der Waals surface area contributed by atoms with E-state index in [1.807, 2.05) is 13.8 Å². The second-order valence-electron chi connectivity index (χ2n) is 3.58. The first-order chi connectivity index (χ1) is 7.00. The van der Waals surface area contributed by atoms with Crippen LogP contribution in [0.5, 0.6) is 0 Å². The minimum absolute atomic E-state index is 0.0565. The number of nitrogens with zero attached hydrogens (tertiary/aromatic N) is 2. The van der Waals surface area contributed by atoms with Gasteiger partial charge in [-0.05, 0) is 38.7 Å². The van der Waals surface area contributed by atoms with Crippen LogP contribution in [0.15, 0.2) is 0 Å². The van der Waals surface area contributed by atoms with E-state index in [4.69, 9.17) is 11.6 Å². The van der Waals surface area contributed by atoms with Gasteiger partial charge in [0.2, 0.25) is 0 Å². The summed E-state index contributed by atoms with van der Waals surface area (Å²) in [7, 11) is 0. The third-order valence-electron chi connectivity index (χ3n) is 1.91. The third-order valence-corrected chi connectivity index (χ3v) is 2.92. The maximum absolute atomic E-state index is 11.7. The Morgan fingerprint density at radius 3 is 2.73 bits per heavy atom. The van der Waals surface area contributed by atoms with Crippen molar-refractivity contribution in [1.29, 1.82) is 0 Å². The molecule has 0 radical (unpaired) electrons. The average molecular weight is 248 g/mol. The number of hydrogen-bond donors (Lipinski definition) is 1. The van der Waals surface area contributed by atoms with Crippen LogP contribution in [0.25, 0.3) is 0 Å². The molecule has 1 amide bonds. The highest BCUT2D eigenvalue weighted by atomic mass is 35.5. The number of hydrogen-bond acceptors (Lipinski definition) is 4. The van der Waals surface area contributed by atoms with Gasteiger partial charge in [-0.2, -0.15) is 0 Å². The first-order valence-corrected chi connectivity index (χ1v) is 5.95. The third kappa shape index (κ3) is 3.76. The Bertz CT molecular complexity index is 340. The van der Waals surface area contributed by atoms with Crippen LogP contribution in [0.2, 0.25) is 0 Å². The quantitative estimate of drug-likeness (QED) is 0.828. The molecule has 0 bridgehead atoms. The first kappa shape index (κ1) is 12.4. The topological polar surface area (TPSA) is 54.9 Å². The standard InChI is InChI=1S/C9H14ClN3OS/c1-5(10)4-6(2)11-9(14)8-7(3)12-13-15-8/h5-6H,4H2,1-3H3,(H,11,14). The lowest BCUT2D eigenvalue weighted by Crippen LogP contribution is -2.33. The SMILES string of the molecule is Cc1nnsc1C(=O)NC(C)CC(C)Cl. The fourth-order valence-corrected chi connectivity index (χ4v) is 2.10. The molecule has 0 aliphatic rings. The molecular formula is C9H14ClN3OS. The fraction of sp³-hybridized carbons (Fsp3) is 0.667. The summed E-state index contributed by atoms with van der Waals surface area (Å²) in [4.78, 5) is 12.3.